The van der Waals surface area contributed by atoms with Gasteiger partial charge in [0.05, 0.1) is 17.4 Å². The number of halogens is 2. The molecule has 0 aromatic carbocycles. The van der Waals surface area contributed by atoms with Crippen molar-refractivity contribution >= 4 is 47.0 Å². The van der Waals surface area contributed by atoms with Gasteiger partial charge in [0, 0.05) is 50.7 Å². The molecule has 0 spiro atoms. The first kappa shape index (κ1) is 21.4. The molecular weight excluding hydrogens is 424 g/mol. The fraction of sp³-hybridized carbons (Fsp3) is 0.353. The number of hydrogen-bond donors (Lipinski definition) is 1. The maximum atomic E-state index is 13.2. The molecule has 3 heterocycles. The largest absolute Gasteiger partial charge is 0.431 e. The van der Waals surface area contributed by atoms with Crippen LogP contribution in [0.5, 0.6) is 5.88 Å². The van der Waals surface area contributed by atoms with Crippen molar-refractivity contribution < 1.29 is 22.6 Å². The van der Waals surface area contributed by atoms with Crippen molar-refractivity contribution in [1.82, 2.24) is 23.5 Å². The summed E-state index contributed by atoms with van der Waals surface area (Å²) >= 11 is 0.905. The van der Waals surface area contributed by atoms with Crippen molar-refractivity contribution in [3.8, 4) is 5.88 Å². The first-order valence-corrected chi connectivity index (χ1v) is 10.2. The Morgan fingerprint density at radius 1 is 1.34 bits per heavy atom. The molecule has 2 aromatic heterocycles. The van der Waals surface area contributed by atoms with Gasteiger partial charge in [-0.25, -0.2) is 9.29 Å². The van der Waals surface area contributed by atoms with Gasteiger partial charge in [0.1, 0.15) is 12.1 Å². The molecule has 1 aliphatic rings. The zero-order valence-electron chi connectivity index (χ0n) is 15.3. The summed E-state index contributed by atoms with van der Waals surface area (Å²) in [7, 11) is 0. The highest BCUT2D eigenvalue weighted by Gasteiger charge is 2.23. The van der Waals surface area contributed by atoms with Crippen LogP contribution in [0.1, 0.15) is 0 Å². The Morgan fingerprint density at radius 2 is 2.10 bits per heavy atom. The quantitative estimate of drug-likeness (QED) is 0.380. The van der Waals surface area contributed by atoms with E-state index in [1.807, 2.05) is 3.97 Å². The van der Waals surface area contributed by atoms with E-state index < -0.39 is 17.8 Å². The highest BCUT2D eigenvalue weighted by molar-refractivity contribution is 7.95. The zero-order valence-corrected chi connectivity index (χ0v) is 16.9. The molecule has 0 radical (unpaired) electrons. The van der Waals surface area contributed by atoms with E-state index >= 15 is 0 Å². The molecule has 29 heavy (non-hydrogen) atoms. The van der Waals surface area contributed by atoms with Crippen LogP contribution >= 0.6 is 24.3 Å². The van der Waals surface area contributed by atoms with Crippen LogP contribution in [0.3, 0.4) is 0 Å². The lowest BCUT2D eigenvalue weighted by Gasteiger charge is -2.33. The van der Waals surface area contributed by atoms with Crippen LogP contribution in [-0.2, 0) is 9.59 Å². The van der Waals surface area contributed by atoms with Gasteiger partial charge >= 0.3 is 5.69 Å². The Kier molecular flexibility index (Phi) is 7.34. The molecule has 3 rings (SSSR count). The molecule has 1 N–H and O–H groups in total. The number of ether oxygens (including phenoxy) is 1. The van der Waals surface area contributed by atoms with Crippen LogP contribution < -0.4 is 10.1 Å². The summed E-state index contributed by atoms with van der Waals surface area (Å²) in [6.07, 6.45) is 4.39. The average Bonchev–Trinajstić information content (AvgIpc) is 3.16. The Balaban J connectivity index is 1.57. The highest BCUT2D eigenvalue weighted by atomic mass is 32.2. The zero-order chi connectivity index (χ0) is 20.8. The van der Waals surface area contributed by atoms with E-state index in [1.54, 1.807) is 23.2 Å². The maximum absolute atomic E-state index is 13.2. The summed E-state index contributed by atoms with van der Waals surface area (Å²) in [4.78, 5) is 29.0. The Morgan fingerprint density at radius 3 is 2.79 bits per heavy atom. The molecule has 0 saturated carbocycles. The Bertz CT molecular complexity index is 889. The number of amides is 2. The molecule has 2 aromatic rings. The number of rotatable bonds is 8. The lowest BCUT2D eigenvalue weighted by molar-refractivity contribution is -0.133. The van der Waals surface area contributed by atoms with Gasteiger partial charge in [-0.1, -0.05) is 6.58 Å². The van der Waals surface area contributed by atoms with Gasteiger partial charge in [0.15, 0.2) is 0 Å². The maximum Gasteiger partial charge on any atom is 0.317 e. The fourth-order valence-electron chi connectivity index (χ4n) is 2.78. The number of aromatic nitrogens is 2. The Hall–Kier alpha value is -2.31. The molecule has 1 aliphatic heterocycles. The molecule has 1 fully saturated rings. The average molecular weight is 444 g/mol. The van der Waals surface area contributed by atoms with E-state index in [9.17, 15) is 17.9 Å². The third-order valence-corrected chi connectivity index (χ3v) is 5.54. The predicted molar refractivity (Wildman–Crippen MR) is 108 cm³/mol. The standard InChI is InChI=1S/C17H19F2N5O3S2/c1-2-14(25)21-11-15(26)22-7-9-23(10-8-22)29-24-6-4-12-13(24)3-5-20-16(12)27-17(18)28-19/h2-6,17H,1,7-11H2,(H,21,25). The van der Waals surface area contributed by atoms with Gasteiger partial charge in [0.2, 0.25) is 17.7 Å². The summed E-state index contributed by atoms with van der Waals surface area (Å²) in [5.74, 6) is -0.499. The van der Waals surface area contributed by atoms with Crippen molar-refractivity contribution in [2.75, 3.05) is 32.7 Å². The van der Waals surface area contributed by atoms with Gasteiger partial charge in [-0.15, -0.1) is 0 Å². The summed E-state index contributed by atoms with van der Waals surface area (Å²) in [6, 6.07) is 3.48. The van der Waals surface area contributed by atoms with Gasteiger partial charge in [-0.05, 0) is 18.2 Å². The first-order chi connectivity index (χ1) is 14.0. The normalized spacial score (nSPS) is 15.9. The summed E-state index contributed by atoms with van der Waals surface area (Å²) in [6.45, 7) is 5.61. The third kappa shape index (κ3) is 5.40. The van der Waals surface area contributed by atoms with Crippen molar-refractivity contribution in [2.24, 2.45) is 0 Å². The van der Waals surface area contributed by atoms with Crippen molar-refractivity contribution in [3.63, 3.8) is 0 Å². The summed E-state index contributed by atoms with van der Waals surface area (Å²) in [5, 5.41) is 3.05. The number of nitrogens with one attached hydrogen (secondary N) is 1. The highest BCUT2D eigenvalue weighted by Crippen LogP contribution is 2.30. The number of piperazine rings is 1. The minimum Gasteiger partial charge on any atom is -0.431 e. The minimum absolute atomic E-state index is 0.0245. The van der Waals surface area contributed by atoms with Crippen LogP contribution in [0.15, 0.2) is 37.2 Å². The fourth-order valence-corrected chi connectivity index (χ4v) is 3.84. The van der Waals surface area contributed by atoms with E-state index in [4.69, 9.17) is 4.74 Å². The number of carbonyl (C=O) groups excluding carboxylic acids is 2. The van der Waals surface area contributed by atoms with Crippen LogP contribution in [0.25, 0.3) is 10.9 Å². The topological polar surface area (TPSA) is 79.7 Å². The molecular formula is C17H19F2N5O3S2. The van der Waals surface area contributed by atoms with E-state index in [-0.39, 0.29) is 24.2 Å². The van der Waals surface area contributed by atoms with Crippen LogP contribution in [0, 0.1) is 0 Å². The van der Waals surface area contributed by atoms with E-state index in [0.29, 0.717) is 31.6 Å². The molecule has 1 atom stereocenters. The molecule has 0 bridgehead atoms. The molecule has 1 saturated heterocycles. The second-order valence-corrected chi connectivity index (χ2v) is 7.61. The van der Waals surface area contributed by atoms with E-state index in [1.165, 1.54) is 18.3 Å². The second-order valence-electron chi connectivity index (χ2n) is 5.99. The van der Waals surface area contributed by atoms with E-state index in [0.717, 1.165) is 11.6 Å². The van der Waals surface area contributed by atoms with E-state index in [2.05, 4.69) is 21.2 Å². The van der Waals surface area contributed by atoms with Gasteiger partial charge in [0.25, 0.3) is 0 Å². The lowest BCUT2D eigenvalue weighted by Crippen LogP contribution is -2.49. The van der Waals surface area contributed by atoms with Gasteiger partial charge in [-0.3, -0.25) is 13.6 Å². The first-order valence-electron chi connectivity index (χ1n) is 8.67. The molecule has 1 unspecified atom stereocenters. The predicted octanol–water partition coefficient (Wildman–Crippen LogP) is 2.14. The molecule has 12 heteroatoms. The number of hydrogen-bond acceptors (Lipinski definition) is 7. The van der Waals surface area contributed by atoms with Crippen LogP contribution in [0.4, 0.5) is 8.28 Å². The van der Waals surface area contributed by atoms with Crippen LogP contribution in [0.2, 0.25) is 0 Å². The lowest BCUT2D eigenvalue weighted by atomic mass is 10.3. The monoisotopic (exact) mass is 443 g/mol. The number of alkyl halides is 1. The van der Waals surface area contributed by atoms with Gasteiger partial charge < -0.3 is 15.0 Å². The van der Waals surface area contributed by atoms with Crippen molar-refractivity contribution in [1.29, 1.82) is 0 Å². The third-order valence-electron chi connectivity index (χ3n) is 4.21. The number of nitrogens with zero attached hydrogens (tertiary/aromatic N) is 4. The molecule has 2 amide bonds. The Labute approximate surface area is 174 Å². The minimum atomic E-state index is -2.13. The summed E-state index contributed by atoms with van der Waals surface area (Å²) < 4.78 is 34.3. The molecule has 156 valence electrons. The molecule has 8 nitrogen and oxygen atoms in total. The van der Waals surface area contributed by atoms with Crippen LogP contribution in [-0.4, -0.2) is 68.4 Å². The van der Waals surface area contributed by atoms with Crippen molar-refractivity contribution in [2.45, 2.75) is 5.69 Å². The SMILES string of the molecule is C=CC(=O)NCC(=O)N1CCN(Sn2ccc3c(OC(F)SF)nccc32)CC1. The van der Waals surface area contributed by atoms with Crippen molar-refractivity contribution in [3.05, 3.63) is 37.2 Å². The molecule has 0 aliphatic carbocycles. The number of fused-ring (bicyclic) bond motifs is 1. The van der Waals surface area contributed by atoms with Gasteiger partial charge in [-0.2, -0.15) is 8.28 Å². The second kappa shape index (κ2) is 9.94. The number of pyridine rings is 1. The summed E-state index contributed by atoms with van der Waals surface area (Å²) in [5.41, 5.74) is -1.38. The smallest absolute Gasteiger partial charge is 0.317 e. The number of carbonyl (C=O) groups is 2.